The molecule has 1 heterocycles. The van der Waals surface area contributed by atoms with Gasteiger partial charge in [-0.3, -0.25) is 0 Å². The van der Waals surface area contributed by atoms with Gasteiger partial charge in [0.15, 0.2) is 0 Å². The van der Waals surface area contributed by atoms with Crippen molar-refractivity contribution in [3.8, 4) is 17.2 Å². The summed E-state index contributed by atoms with van der Waals surface area (Å²) in [7, 11) is 0. The third-order valence-electron chi connectivity index (χ3n) is 5.71. The molecule has 3 aromatic rings. The zero-order valence-electron chi connectivity index (χ0n) is 16.3. The van der Waals surface area contributed by atoms with Crippen LogP contribution < -0.4 is 5.32 Å². The number of nitriles is 1. The molecule has 0 bridgehead atoms. The summed E-state index contributed by atoms with van der Waals surface area (Å²) in [5, 5.41) is 13.6. The fraction of sp³-hybridized carbons (Fsp3) is 0.320. The molecule has 0 saturated heterocycles. The van der Waals surface area contributed by atoms with Crippen LogP contribution in [-0.2, 0) is 13.0 Å². The van der Waals surface area contributed by atoms with E-state index in [2.05, 4.69) is 64.5 Å². The molecule has 1 saturated carbocycles. The van der Waals surface area contributed by atoms with Gasteiger partial charge in [0.1, 0.15) is 17.6 Å². The Bertz CT molecular complexity index is 929. The summed E-state index contributed by atoms with van der Waals surface area (Å²) in [6.07, 6.45) is 7.24. The molecule has 1 aliphatic carbocycles. The van der Waals surface area contributed by atoms with E-state index in [4.69, 9.17) is 0 Å². The molecule has 0 radical (unpaired) electrons. The quantitative estimate of drug-likeness (QED) is 0.578. The molecule has 4 rings (SSSR count). The number of hydrogen-bond acceptors (Lipinski definition) is 2. The summed E-state index contributed by atoms with van der Waals surface area (Å²) in [5.74, 6) is 1.10. The molecule has 0 aliphatic heterocycles. The number of anilines is 1. The van der Waals surface area contributed by atoms with Crippen molar-refractivity contribution in [2.45, 2.75) is 51.1 Å². The zero-order chi connectivity index (χ0) is 19.2. The first-order valence-electron chi connectivity index (χ1n) is 10.3. The summed E-state index contributed by atoms with van der Waals surface area (Å²) in [4.78, 5) is 0. The number of rotatable bonds is 6. The lowest BCUT2D eigenvalue weighted by atomic mass is 9.95. The van der Waals surface area contributed by atoms with Crippen molar-refractivity contribution in [2.75, 3.05) is 5.32 Å². The molecule has 0 unspecified atom stereocenters. The molecule has 1 N–H and O–H groups in total. The highest BCUT2D eigenvalue weighted by molar-refractivity contribution is 5.78. The van der Waals surface area contributed by atoms with E-state index in [1.807, 2.05) is 18.2 Å². The van der Waals surface area contributed by atoms with Gasteiger partial charge in [0, 0.05) is 18.2 Å². The summed E-state index contributed by atoms with van der Waals surface area (Å²) >= 11 is 0. The second kappa shape index (κ2) is 8.80. The Morgan fingerprint density at radius 3 is 2.29 bits per heavy atom. The standard InChI is InChI=1S/C25H27N3/c26-19-23-18-24(21-12-6-2-7-13-21)25(27-22-14-8-3-9-15-22)28(23)17-16-20-10-4-1-5-11-20/h1-2,4-7,10-13,18,22,27H,3,8-9,14-17H2. The minimum atomic E-state index is 0.494. The SMILES string of the molecule is N#Cc1cc(-c2ccccc2)c(NC2CCCCC2)n1CCc1ccccc1. The van der Waals surface area contributed by atoms with E-state index in [9.17, 15) is 5.26 Å². The first-order valence-corrected chi connectivity index (χ1v) is 10.3. The lowest BCUT2D eigenvalue weighted by molar-refractivity contribution is 0.460. The average Bonchev–Trinajstić information content (AvgIpc) is 3.11. The van der Waals surface area contributed by atoms with Crippen LogP contribution in [0.15, 0.2) is 66.7 Å². The van der Waals surface area contributed by atoms with E-state index >= 15 is 0 Å². The van der Waals surface area contributed by atoms with E-state index < -0.39 is 0 Å². The van der Waals surface area contributed by atoms with Crippen molar-refractivity contribution in [3.05, 3.63) is 78.0 Å². The van der Waals surface area contributed by atoms with Crippen LogP contribution in [0.1, 0.15) is 43.4 Å². The molecule has 0 spiro atoms. The monoisotopic (exact) mass is 369 g/mol. The van der Waals surface area contributed by atoms with Crippen molar-refractivity contribution in [1.82, 2.24) is 4.57 Å². The Labute approximate surface area is 167 Å². The van der Waals surface area contributed by atoms with E-state index in [-0.39, 0.29) is 0 Å². The van der Waals surface area contributed by atoms with Gasteiger partial charge in [-0.1, -0.05) is 79.9 Å². The number of aryl methyl sites for hydroxylation is 1. The zero-order valence-corrected chi connectivity index (χ0v) is 16.3. The molecule has 3 nitrogen and oxygen atoms in total. The molecule has 0 amide bonds. The number of hydrogen-bond donors (Lipinski definition) is 1. The highest BCUT2D eigenvalue weighted by atomic mass is 15.1. The van der Waals surface area contributed by atoms with Gasteiger partial charge in [0.05, 0.1) is 0 Å². The largest absolute Gasteiger partial charge is 0.368 e. The minimum absolute atomic E-state index is 0.494. The highest BCUT2D eigenvalue weighted by Crippen LogP contribution is 2.34. The molecule has 1 aliphatic rings. The number of aromatic nitrogens is 1. The van der Waals surface area contributed by atoms with Gasteiger partial charge >= 0.3 is 0 Å². The summed E-state index contributed by atoms with van der Waals surface area (Å²) in [6, 6.07) is 25.9. The molecule has 2 aromatic carbocycles. The topological polar surface area (TPSA) is 40.8 Å². The first-order chi connectivity index (χ1) is 13.8. The fourth-order valence-electron chi connectivity index (χ4n) is 4.19. The smallest absolute Gasteiger partial charge is 0.122 e. The maximum atomic E-state index is 9.81. The first kappa shape index (κ1) is 18.4. The van der Waals surface area contributed by atoms with Crippen molar-refractivity contribution in [2.24, 2.45) is 0 Å². The maximum Gasteiger partial charge on any atom is 0.122 e. The third-order valence-corrected chi connectivity index (χ3v) is 5.71. The predicted molar refractivity (Wildman–Crippen MR) is 115 cm³/mol. The Hall–Kier alpha value is -2.99. The maximum absolute atomic E-state index is 9.81. The van der Waals surface area contributed by atoms with Crippen LogP contribution >= 0.6 is 0 Å². The molecule has 28 heavy (non-hydrogen) atoms. The number of nitrogens with one attached hydrogen (secondary N) is 1. The Morgan fingerprint density at radius 2 is 1.61 bits per heavy atom. The Morgan fingerprint density at radius 1 is 0.929 bits per heavy atom. The van der Waals surface area contributed by atoms with E-state index in [1.54, 1.807) is 0 Å². The molecule has 0 atom stereocenters. The van der Waals surface area contributed by atoms with Crippen LogP contribution in [0.5, 0.6) is 0 Å². The Balaban J connectivity index is 1.69. The molecule has 1 fully saturated rings. The van der Waals surface area contributed by atoms with Crippen LogP contribution in [0, 0.1) is 11.3 Å². The Kier molecular flexibility index (Phi) is 5.77. The summed E-state index contributed by atoms with van der Waals surface area (Å²) < 4.78 is 2.18. The lowest BCUT2D eigenvalue weighted by Gasteiger charge is -2.26. The van der Waals surface area contributed by atoms with Crippen molar-refractivity contribution >= 4 is 5.82 Å². The van der Waals surface area contributed by atoms with Gasteiger partial charge in [-0.2, -0.15) is 5.26 Å². The van der Waals surface area contributed by atoms with Gasteiger partial charge in [-0.15, -0.1) is 0 Å². The van der Waals surface area contributed by atoms with Crippen molar-refractivity contribution < 1.29 is 0 Å². The van der Waals surface area contributed by atoms with E-state index in [0.29, 0.717) is 6.04 Å². The van der Waals surface area contributed by atoms with Gasteiger partial charge in [0.2, 0.25) is 0 Å². The molecule has 1 aromatic heterocycles. The van der Waals surface area contributed by atoms with Gasteiger partial charge in [-0.25, -0.2) is 0 Å². The summed E-state index contributed by atoms with van der Waals surface area (Å²) in [5.41, 5.74) is 4.32. The van der Waals surface area contributed by atoms with Crippen molar-refractivity contribution in [3.63, 3.8) is 0 Å². The highest BCUT2D eigenvalue weighted by Gasteiger charge is 2.21. The normalized spacial score (nSPS) is 14.5. The lowest BCUT2D eigenvalue weighted by Crippen LogP contribution is -2.24. The van der Waals surface area contributed by atoms with Crippen LogP contribution in [0.4, 0.5) is 5.82 Å². The molecular formula is C25H27N3. The van der Waals surface area contributed by atoms with Crippen LogP contribution in [-0.4, -0.2) is 10.6 Å². The summed E-state index contributed by atoms with van der Waals surface area (Å²) in [6.45, 7) is 0.800. The average molecular weight is 370 g/mol. The third kappa shape index (κ3) is 4.12. The van der Waals surface area contributed by atoms with Gasteiger partial charge in [0.25, 0.3) is 0 Å². The van der Waals surface area contributed by atoms with Crippen molar-refractivity contribution in [1.29, 1.82) is 5.26 Å². The van der Waals surface area contributed by atoms with Crippen LogP contribution in [0.3, 0.4) is 0 Å². The van der Waals surface area contributed by atoms with Gasteiger partial charge < -0.3 is 9.88 Å². The number of nitrogens with zero attached hydrogens (tertiary/aromatic N) is 2. The predicted octanol–water partition coefficient (Wildman–Crippen LogP) is 6.01. The molecule has 142 valence electrons. The second-order valence-electron chi connectivity index (χ2n) is 7.64. The molecular weight excluding hydrogens is 342 g/mol. The fourth-order valence-corrected chi connectivity index (χ4v) is 4.19. The van der Waals surface area contributed by atoms with Gasteiger partial charge in [-0.05, 0) is 36.5 Å². The number of benzene rings is 2. The van der Waals surface area contributed by atoms with E-state index in [1.165, 1.54) is 37.7 Å². The van der Waals surface area contributed by atoms with Crippen LogP contribution in [0.25, 0.3) is 11.1 Å². The second-order valence-corrected chi connectivity index (χ2v) is 7.64. The molecule has 3 heteroatoms. The van der Waals surface area contributed by atoms with E-state index in [0.717, 1.165) is 35.6 Å². The van der Waals surface area contributed by atoms with Crippen LogP contribution in [0.2, 0.25) is 0 Å². The minimum Gasteiger partial charge on any atom is -0.368 e.